The summed E-state index contributed by atoms with van der Waals surface area (Å²) in [5.41, 5.74) is 0. The maximum atomic E-state index is 11.9. The summed E-state index contributed by atoms with van der Waals surface area (Å²) >= 11 is 0. The van der Waals surface area contributed by atoms with Crippen molar-refractivity contribution in [2.24, 2.45) is 5.92 Å². The van der Waals surface area contributed by atoms with Gasteiger partial charge in [-0.2, -0.15) is 0 Å². The Hall–Kier alpha value is -1.36. The molecule has 0 saturated carbocycles. The van der Waals surface area contributed by atoms with E-state index in [0.717, 1.165) is 0 Å². The van der Waals surface area contributed by atoms with E-state index in [4.69, 9.17) is 0 Å². The smallest absolute Gasteiger partial charge is 0.245 e. The minimum Gasteiger partial charge on any atom is -0.393 e. The van der Waals surface area contributed by atoms with Gasteiger partial charge in [0.05, 0.1) is 6.10 Å². The van der Waals surface area contributed by atoms with Gasteiger partial charge in [-0.15, -0.1) is 0 Å². The van der Waals surface area contributed by atoms with Crippen LogP contribution in [0, 0.1) is 5.92 Å². The average Bonchev–Trinajstić information content (AvgIpc) is 2.46. The molecule has 0 radical (unpaired) electrons. The molecule has 1 heterocycles. The molecular formula is C14H24N2O3. The Morgan fingerprint density at radius 2 is 2.11 bits per heavy atom. The average molecular weight is 268 g/mol. The number of amides is 2. The van der Waals surface area contributed by atoms with Crippen LogP contribution in [-0.2, 0) is 9.59 Å². The third-order valence-electron chi connectivity index (χ3n) is 3.60. The highest BCUT2D eigenvalue weighted by atomic mass is 16.3. The molecule has 1 aliphatic rings. The molecule has 5 heteroatoms. The number of nitrogens with zero attached hydrogens (tertiary/aromatic N) is 1. The third kappa shape index (κ3) is 5.03. The van der Waals surface area contributed by atoms with E-state index >= 15 is 0 Å². The lowest BCUT2D eigenvalue weighted by Crippen LogP contribution is -2.42. The predicted octanol–water partition coefficient (Wildman–Crippen LogP) is 0.688. The summed E-state index contributed by atoms with van der Waals surface area (Å²) in [6.07, 6.45) is 3.66. The summed E-state index contributed by atoms with van der Waals surface area (Å²) in [6, 6.07) is 0. The Morgan fingerprint density at radius 3 is 2.63 bits per heavy atom. The number of hydrogen-bond donors (Lipinski definition) is 2. The number of hydrogen-bond acceptors (Lipinski definition) is 3. The summed E-state index contributed by atoms with van der Waals surface area (Å²) < 4.78 is 0. The van der Waals surface area contributed by atoms with Crippen LogP contribution in [0.15, 0.2) is 12.7 Å². The van der Waals surface area contributed by atoms with E-state index in [0.29, 0.717) is 45.3 Å². The molecule has 1 unspecified atom stereocenters. The van der Waals surface area contributed by atoms with Crippen molar-refractivity contribution in [3.05, 3.63) is 12.7 Å². The zero-order valence-electron chi connectivity index (χ0n) is 11.6. The molecule has 1 rings (SSSR count). The number of carbonyl (C=O) groups is 2. The highest BCUT2D eigenvalue weighted by Gasteiger charge is 2.26. The van der Waals surface area contributed by atoms with Crippen LogP contribution in [0.3, 0.4) is 0 Å². The zero-order valence-corrected chi connectivity index (χ0v) is 11.6. The van der Waals surface area contributed by atoms with Crippen LogP contribution < -0.4 is 5.32 Å². The van der Waals surface area contributed by atoms with E-state index < -0.39 is 0 Å². The Labute approximate surface area is 114 Å². The predicted molar refractivity (Wildman–Crippen MR) is 73.4 cm³/mol. The second kappa shape index (κ2) is 7.94. The minimum absolute atomic E-state index is 0.0207. The van der Waals surface area contributed by atoms with Crippen molar-refractivity contribution in [3.63, 3.8) is 0 Å². The van der Waals surface area contributed by atoms with Gasteiger partial charge in [0.2, 0.25) is 11.8 Å². The van der Waals surface area contributed by atoms with E-state index in [2.05, 4.69) is 11.9 Å². The molecule has 0 spiro atoms. The number of nitrogens with one attached hydrogen (secondary N) is 1. The van der Waals surface area contributed by atoms with Gasteiger partial charge < -0.3 is 15.3 Å². The molecule has 0 bridgehead atoms. The van der Waals surface area contributed by atoms with Crippen LogP contribution >= 0.6 is 0 Å². The highest BCUT2D eigenvalue weighted by molar-refractivity contribution is 5.87. The topological polar surface area (TPSA) is 69.6 Å². The number of likely N-dealkylation sites (tertiary alicyclic amines) is 1. The molecule has 0 aromatic heterocycles. The van der Waals surface area contributed by atoms with E-state index in [9.17, 15) is 14.7 Å². The van der Waals surface area contributed by atoms with Crippen molar-refractivity contribution < 1.29 is 14.7 Å². The second-order valence-corrected chi connectivity index (χ2v) is 4.95. The minimum atomic E-state index is -0.340. The summed E-state index contributed by atoms with van der Waals surface area (Å²) in [4.78, 5) is 25.0. The van der Waals surface area contributed by atoms with Crippen LogP contribution in [0.1, 0.15) is 32.6 Å². The zero-order chi connectivity index (χ0) is 14.3. The van der Waals surface area contributed by atoms with Crippen molar-refractivity contribution in [1.29, 1.82) is 0 Å². The lowest BCUT2D eigenvalue weighted by atomic mass is 9.96. The van der Waals surface area contributed by atoms with Gasteiger partial charge in [-0.05, 0) is 31.8 Å². The molecule has 19 heavy (non-hydrogen) atoms. The highest BCUT2D eigenvalue weighted by Crippen LogP contribution is 2.17. The number of rotatable bonds is 6. The lowest BCUT2D eigenvalue weighted by molar-refractivity contribution is -0.132. The first-order valence-electron chi connectivity index (χ1n) is 6.95. The van der Waals surface area contributed by atoms with Crippen molar-refractivity contribution in [2.75, 3.05) is 19.6 Å². The van der Waals surface area contributed by atoms with E-state index in [1.807, 2.05) is 6.92 Å². The summed E-state index contributed by atoms with van der Waals surface area (Å²) in [7, 11) is 0. The standard InChI is InChI=1S/C14H24N2O3/c1-3-12(17)5-8-15-14(19)11-6-9-16(10-7-11)13(18)4-2/h4,11-12,17H,2-3,5-10H2,1H3,(H,15,19). The van der Waals surface area contributed by atoms with E-state index in [-0.39, 0.29) is 23.8 Å². The van der Waals surface area contributed by atoms with Gasteiger partial charge in [0, 0.05) is 25.6 Å². The Bertz CT molecular complexity index is 323. The molecule has 2 N–H and O–H groups in total. The first-order valence-corrected chi connectivity index (χ1v) is 6.95. The van der Waals surface area contributed by atoms with Crippen LogP contribution in [0.25, 0.3) is 0 Å². The Kier molecular flexibility index (Phi) is 6.56. The molecule has 0 aliphatic carbocycles. The number of piperidine rings is 1. The fourth-order valence-electron chi connectivity index (χ4n) is 2.20. The summed E-state index contributed by atoms with van der Waals surface area (Å²) in [6.45, 7) is 7.11. The van der Waals surface area contributed by atoms with Crippen LogP contribution in [0.5, 0.6) is 0 Å². The van der Waals surface area contributed by atoms with Crippen molar-refractivity contribution in [2.45, 2.75) is 38.7 Å². The van der Waals surface area contributed by atoms with Gasteiger partial charge >= 0.3 is 0 Å². The molecule has 0 aromatic rings. The largest absolute Gasteiger partial charge is 0.393 e. The fourth-order valence-corrected chi connectivity index (χ4v) is 2.20. The van der Waals surface area contributed by atoms with Gasteiger partial charge in [0.15, 0.2) is 0 Å². The monoisotopic (exact) mass is 268 g/mol. The van der Waals surface area contributed by atoms with Gasteiger partial charge in [-0.25, -0.2) is 0 Å². The Balaban J connectivity index is 2.25. The second-order valence-electron chi connectivity index (χ2n) is 4.95. The normalized spacial score (nSPS) is 17.9. The van der Waals surface area contributed by atoms with Gasteiger partial charge in [0.1, 0.15) is 0 Å². The molecule has 108 valence electrons. The lowest BCUT2D eigenvalue weighted by Gasteiger charge is -2.30. The van der Waals surface area contributed by atoms with Crippen LogP contribution in [-0.4, -0.2) is 47.6 Å². The fraction of sp³-hybridized carbons (Fsp3) is 0.714. The van der Waals surface area contributed by atoms with Crippen LogP contribution in [0.4, 0.5) is 0 Å². The van der Waals surface area contributed by atoms with E-state index in [1.165, 1.54) is 6.08 Å². The molecule has 1 atom stereocenters. The summed E-state index contributed by atoms with van der Waals surface area (Å²) in [5.74, 6) is -0.0495. The first-order chi connectivity index (χ1) is 9.08. The van der Waals surface area contributed by atoms with Gasteiger partial charge in [-0.1, -0.05) is 13.5 Å². The SMILES string of the molecule is C=CC(=O)N1CCC(C(=O)NCCC(O)CC)CC1. The molecule has 1 aliphatic heterocycles. The maximum Gasteiger partial charge on any atom is 0.245 e. The quantitative estimate of drug-likeness (QED) is 0.696. The van der Waals surface area contributed by atoms with Crippen molar-refractivity contribution in [3.8, 4) is 0 Å². The Morgan fingerprint density at radius 1 is 1.47 bits per heavy atom. The molecule has 1 saturated heterocycles. The van der Waals surface area contributed by atoms with Crippen molar-refractivity contribution in [1.82, 2.24) is 10.2 Å². The third-order valence-corrected chi connectivity index (χ3v) is 3.60. The van der Waals surface area contributed by atoms with Gasteiger partial charge in [0.25, 0.3) is 0 Å². The first kappa shape index (κ1) is 15.7. The molecular weight excluding hydrogens is 244 g/mol. The maximum absolute atomic E-state index is 11.9. The van der Waals surface area contributed by atoms with Crippen molar-refractivity contribution >= 4 is 11.8 Å². The van der Waals surface area contributed by atoms with E-state index in [1.54, 1.807) is 4.90 Å². The molecule has 0 aromatic carbocycles. The van der Waals surface area contributed by atoms with Crippen LogP contribution in [0.2, 0.25) is 0 Å². The number of aliphatic hydroxyl groups excluding tert-OH is 1. The molecule has 5 nitrogen and oxygen atoms in total. The van der Waals surface area contributed by atoms with Gasteiger partial charge in [-0.3, -0.25) is 9.59 Å². The number of aliphatic hydroxyl groups is 1. The number of carbonyl (C=O) groups excluding carboxylic acids is 2. The summed E-state index contributed by atoms with van der Waals surface area (Å²) in [5, 5.41) is 12.3. The molecule has 2 amide bonds. The molecule has 1 fully saturated rings.